The van der Waals surface area contributed by atoms with E-state index in [-0.39, 0.29) is 18.1 Å². The Morgan fingerprint density at radius 2 is 2.04 bits per heavy atom. The number of hydrogen-bond acceptors (Lipinski definition) is 5. The lowest BCUT2D eigenvalue weighted by Gasteiger charge is -2.34. The Kier molecular flexibility index (Phi) is 6.53. The monoisotopic (exact) mass is 413 g/mol. The molecule has 1 saturated heterocycles. The number of halogens is 2. The number of nitrogens with zero attached hydrogens (tertiary/aromatic N) is 2. The van der Waals surface area contributed by atoms with Crippen LogP contribution in [-0.2, 0) is 16.0 Å². The van der Waals surface area contributed by atoms with E-state index in [1.165, 1.54) is 11.3 Å². The number of carbonyl (C=O) groups is 1. The Balaban J connectivity index is 1.54. The predicted octanol–water partition coefficient (Wildman–Crippen LogP) is 4.09. The molecule has 3 rings (SSSR count). The van der Waals surface area contributed by atoms with Crippen LogP contribution in [0.3, 0.4) is 0 Å². The van der Waals surface area contributed by atoms with Crippen LogP contribution in [0.2, 0.25) is 10.0 Å². The average molecular weight is 414 g/mol. The summed E-state index contributed by atoms with van der Waals surface area (Å²) in [7, 11) is 0. The molecule has 1 fully saturated rings. The van der Waals surface area contributed by atoms with E-state index in [0.29, 0.717) is 28.1 Å². The maximum Gasteiger partial charge on any atom is 0.240 e. The Labute approximate surface area is 167 Å². The fraction of sp³-hybridized carbons (Fsp3) is 0.444. The molecule has 1 aromatic carbocycles. The number of anilines is 1. The highest BCUT2D eigenvalue weighted by Crippen LogP contribution is 2.26. The number of morpholine rings is 1. The lowest BCUT2D eigenvalue weighted by molar-refractivity contribution is -0.121. The van der Waals surface area contributed by atoms with E-state index < -0.39 is 0 Å². The van der Waals surface area contributed by atoms with Gasteiger partial charge in [0.2, 0.25) is 5.91 Å². The third kappa shape index (κ3) is 5.41. The quantitative estimate of drug-likeness (QED) is 0.801. The molecule has 1 aliphatic rings. The summed E-state index contributed by atoms with van der Waals surface area (Å²) < 4.78 is 5.69. The number of benzene rings is 1. The number of hydrogen-bond donors (Lipinski definition) is 1. The second-order valence-electron chi connectivity index (χ2n) is 6.56. The molecule has 0 unspecified atom stereocenters. The molecule has 2 heterocycles. The van der Waals surface area contributed by atoms with Gasteiger partial charge in [-0.3, -0.25) is 9.69 Å². The van der Waals surface area contributed by atoms with E-state index in [1.54, 1.807) is 12.3 Å². The van der Waals surface area contributed by atoms with Crippen molar-refractivity contribution in [2.75, 3.05) is 25.0 Å². The molecule has 1 N–H and O–H groups in total. The molecule has 0 saturated carbocycles. The van der Waals surface area contributed by atoms with Crippen molar-refractivity contribution in [1.82, 2.24) is 9.88 Å². The summed E-state index contributed by atoms with van der Waals surface area (Å²) in [5.74, 6) is -0.0539. The molecular formula is C18H21Cl2N3O2S. The number of carbonyl (C=O) groups excluding carboxylic acids is 1. The lowest BCUT2D eigenvalue weighted by Crippen LogP contribution is -2.48. The van der Waals surface area contributed by atoms with Gasteiger partial charge in [0, 0.05) is 30.6 Å². The summed E-state index contributed by atoms with van der Waals surface area (Å²) >= 11 is 13.5. The molecule has 0 aliphatic carbocycles. The minimum Gasteiger partial charge on any atom is -0.373 e. The number of ether oxygens (including phenoxy) is 1. The topological polar surface area (TPSA) is 54.5 Å². The third-order valence-corrected chi connectivity index (χ3v) is 5.68. The van der Waals surface area contributed by atoms with Crippen LogP contribution in [0.15, 0.2) is 24.4 Å². The number of amides is 1. The third-order valence-electron chi connectivity index (χ3n) is 4.02. The van der Waals surface area contributed by atoms with Crippen molar-refractivity contribution in [3.05, 3.63) is 44.9 Å². The molecule has 2 atom stereocenters. The van der Waals surface area contributed by atoms with Crippen LogP contribution < -0.4 is 5.32 Å². The first-order valence-corrected chi connectivity index (χ1v) is 10.0. The first-order chi connectivity index (χ1) is 12.4. The molecular weight excluding hydrogens is 393 g/mol. The molecule has 140 valence electrons. The van der Waals surface area contributed by atoms with E-state index in [0.717, 1.165) is 23.5 Å². The van der Waals surface area contributed by atoms with Gasteiger partial charge in [-0.15, -0.1) is 11.3 Å². The molecule has 0 spiro atoms. The van der Waals surface area contributed by atoms with Crippen LogP contribution in [0.5, 0.6) is 0 Å². The first-order valence-electron chi connectivity index (χ1n) is 8.45. The van der Waals surface area contributed by atoms with Gasteiger partial charge in [0.1, 0.15) is 0 Å². The van der Waals surface area contributed by atoms with E-state index in [4.69, 9.17) is 27.9 Å². The van der Waals surface area contributed by atoms with E-state index in [1.807, 2.05) is 26.0 Å². The maximum absolute atomic E-state index is 12.3. The largest absolute Gasteiger partial charge is 0.373 e. The summed E-state index contributed by atoms with van der Waals surface area (Å²) in [6, 6.07) is 5.57. The second-order valence-corrected chi connectivity index (χ2v) is 8.49. The Morgan fingerprint density at radius 1 is 1.31 bits per heavy atom. The molecule has 8 heteroatoms. The fourth-order valence-electron chi connectivity index (χ4n) is 3.07. The molecule has 1 aromatic heterocycles. The van der Waals surface area contributed by atoms with Gasteiger partial charge in [-0.2, -0.15) is 0 Å². The smallest absolute Gasteiger partial charge is 0.240 e. The maximum atomic E-state index is 12.3. The molecule has 0 bridgehead atoms. The zero-order valence-corrected chi connectivity index (χ0v) is 17.0. The van der Waals surface area contributed by atoms with E-state index >= 15 is 0 Å². The van der Waals surface area contributed by atoms with E-state index in [9.17, 15) is 4.79 Å². The summed E-state index contributed by atoms with van der Waals surface area (Å²) in [6.45, 7) is 5.92. The molecule has 26 heavy (non-hydrogen) atoms. The molecule has 2 aromatic rings. The highest BCUT2D eigenvalue weighted by molar-refractivity contribution is 7.15. The van der Waals surface area contributed by atoms with Crippen LogP contribution in [0, 0.1) is 0 Å². The molecule has 1 aliphatic heterocycles. The van der Waals surface area contributed by atoms with Gasteiger partial charge in [0.05, 0.1) is 28.8 Å². The van der Waals surface area contributed by atoms with Gasteiger partial charge in [-0.1, -0.05) is 29.3 Å². The van der Waals surface area contributed by atoms with Gasteiger partial charge in [-0.25, -0.2) is 4.98 Å². The first kappa shape index (κ1) is 19.6. The van der Waals surface area contributed by atoms with Gasteiger partial charge in [0.15, 0.2) is 5.13 Å². The van der Waals surface area contributed by atoms with Crippen molar-refractivity contribution >= 4 is 45.6 Å². The lowest BCUT2D eigenvalue weighted by atomic mass is 10.1. The Morgan fingerprint density at radius 3 is 2.73 bits per heavy atom. The number of rotatable bonds is 5. The SMILES string of the molecule is C[C@@H]1CN(CC(=O)Nc2ncc(Cc3ccc(Cl)c(Cl)c3)s2)C[C@@H](C)O1. The van der Waals surface area contributed by atoms with Gasteiger partial charge in [0.25, 0.3) is 0 Å². The highest BCUT2D eigenvalue weighted by atomic mass is 35.5. The van der Waals surface area contributed by atoms with Crippen LogP contribution >= 0.6 is 34.5 Å². The van der Waals surface area contributed by atoms with Gasteiger partial charge in [-0.05, 0) is 31.5 Å². The predicted molar refractivity (Wildman–Crippen MR) is 106 cm³/mol. The van der Waals surface area contributed by atoms with Gasteiger partial charge < -0.3 is 10.1 Å². The standard InChI is InChI=1S/C18H21Cl2N3O2S/c1-11-8-23(9-12(2)25-11)10-17(24)22-18-21-7-14(26-18)5-13-3-4-15(19)16(20)6-13/h3-4,6-7,11-12H,5,8-10H2,1-2H3,(H,21,22,24)/t11-,12-/m1/s1. The Hall–Kier alpha value is -1.18. The molecule has 1 amide bonds. The second kappa shape index (κ2) is 8.67. The zero-order chi connectivity index (χ0) is 18.7. The fourth-order valence-corrected chi connectivity index (χ4v) is 4.26. The normalized spacial score (nSPS) is 20.9. The van der Waals surface area contributed by atoms with Crippen molar-refractivity contribution < 1.29 is 9.53 Å². The minimum absolute atomic E-state index is 0.0539. The Bertz CT molecular complexity index is 774. The van der Waals surface area contributed by atoms with Crippen LogP contribution in [-0.4, -0.2) is 47.6 Å². The highest BCUT2D eigenvalue weighted by Gasteiger charge is 2.23. The molecule has 5 nitrogen and oxygen atoms in total. The van der Waals surface area contributed by atoms with Crippen molar-refractivity contribution in [2.24, 2.45) is 0 Å². The summed E-state index contributed by atoms with van der Waals surface area (Å²) in [4.78, 5) is 19.7. The molecule has 0 radical (unpaired) electrons. The van der Waals surface area contributed by atoms with Crippen molar-refractivity contribution in [2.45, 2.75) is 32.5 Å². The van der Waals surface area contributed by atoms with Crippen LogP contribution in [0.4, 0.5) is 5.13 Å². The van der Waals surface area contributed by atoms with Gasteiger partial charge >= 0.3 is 0 Å². The summed E-state index contributed by atoms with van der Waals surface area (Å²) in [5, 5.41) is 4.57. The number of nitrogens with one attached hydrogen (secondary N) is 1. The number of aromatic nitrogens is 1. The van der Waals surface area contributed by atoms with Crippen LogP contribution in [0.1, 0.15) is 24.3 Å². The van der Waals surface area contributed by atoms with Crippen molar-refractivity contribution in [3.63, 3.8) is 0 Å². The van der Waals surface area contributed by atoms with Crippen molar-refractivity contribution in [3.8, 4) is 0 Å². The average Bonchev–Trinajstić information content (AvgIpc) is 2.96. The zero-order valence-electron chi connectivity index (χ0n) is 14.7. The summed E-state index contributed by atoms with van der Waals surface area (Å²) in [6.07, 6.45) is 2.76. The number of thiazole rings is 1. The minimum atomic E-state index is -0.0539. The summed E-state index contributed by atoms with van der Waals surface area (Å²) in [5.41, 5.74) is 1.05. The van der Waals surface area contributed by atoms with Crippen LogP contribution in [0.25, 0.3) is 0 Å². The van der Waals surface area contributed by atoms with Crippen molar-refractivity contribution in [1.29, 1.82) is 0 Å². The van der Waals surface area contributed by atoms with E-state index in [2.05, 4.69) is 15.2 Å².